The fraction of sp³-hybridized carbons (Fsp3) is 0.143. The van der Waals surface area contributed by atoms with Gasteiger partial charge in [-0.15, -0.1) is 0 Å². The second-order valence-corrected chi connectivity index (χ2v) is 6.30. The molecule has 0 radical (unpaired) electrons. The second kappa shape index (κ2) is 8.77. The first kappa shape index (κ1) is 19.0. The van der Waals surface area contributed by atoms with Gasteiger partial charge in [-0.05, 0) is 23.8 Å². The number of hydrogen-bond acceptors (Lipinski definition) is 4. The average molecular weight is 376 g/mol. The first-order valence-corrected chi connectivity index (χ1v) is 8.79. The maximum atomic E-state index is 12.5. The van der Waals surface area contributed by atoms with Crippen molar-refractivity contribution < 1.29 is 9.59 Å². The van der Waals surface area contributed by atoms with E-state index in [-0.39, 0.29) is 23.8 Å². The highest BCUT2D eigenvalue weighted by Gasteiger charge is 2.17. The van der Waals surface area contributed by atoms with Gasteiger partial charge in [0.05, 0.1) is 18.2 Å². The molecule has 2 aromatic carbocycles. The molecule has 1 unspecified atom stereocenters. The van der Waals surface area contributed by atoms with E-state index in [0.717, 1.165) is 11.1 Å². The maximum absolute atomic E-state index is 12.5. The topological polar surface area (TPSA) is 104 Å². The molecule has 0 saturated heterocycles. The van der Waals surface area contributed by atoms with Gasteiger partial charge in [-0.3, -0.25) is 14.4 Å². The predicted molar refractivity (Wildman–Crippen MR) is 107 cm³/mol. The van der Waals surface area contributed by atoms with Gasteiger partial charge < -0.3 is 10.6 Å². The van der Waals surface area contributed by atoms with Crippen molar-refractivity contribution in [1.82, 2.24) is 15.5 Å². The number of nitrogens with zero attached hydrogens (tertiary/aromatic N) is 1. The van der Waals surface area contributed by atoms with Crippen molar-refractivity contribution in [3.05, 3.63) is 82.6 Å². The van der Waals surface area contributed by atoms with Gasteiger partial charge in [-0.25, -0.2) is 5.10 Å². The fourth-order valence-corrected chi connectivity index (χ4v) is 2.84. The average Bonchev–Trinajstić information content (AvgIpc) is 2.68. The molecule has 7 nitrogen and oxygen atoms in total. The molecule has 1 heterocycles. The number of anilines is 1. The number of carbonyl (C=O) groups excluding carboxylic acids is 2. The van der Waals surface area contributed by atoms with Crippen LogP contribution in [0.15, 0.2) is 71.5 Å². The van der Waals surface area contributed by atoms with E-state index in [9.17, 15) is 14.4 Å². The van der Waals surface area contributed by atoms with Crippen molar-refractivity contribution in [3.63, 3.8) is 0 Å². The molecule has 2 amide bonds. The molecule has 0 aliphatic carbocycles. The quantitative estimate of drug-likeness (QED) is 0.615. The minimum atomic E-state index is -0.414. The number of carbonyl (C=O) groups is 2. The third-order valence-corrected chi connectivity index (χ3v) is 4.09. The molecule has 3 N–H and O–H groups in total. The van der Waals surface area contributed by atoms with Crippen molar-refractivity contribution in [1.29, 1.82) is 0 Å². The Labute approximate surface area is 161 Å². The summed E-state index contributed by atoms with van der Waals surface area (Å²) in [6, 6.07) is 19.1. The molecule has 142 valence electrons. The zero-order chi connectivity index (χ0) is 19.9. The van der Waals surface area contributed by atoms with Gasteiger partial charge in [-0.2, -0.15) is 5.10 Å². The summed E-state index contributed by atoms with van der Waals surface area (Å²) < 4.78 is 0. The third kappa shape index (κ3) is 5.14. The second-order valence-electron chi connectivity index (χ2n) is 6.30. The van der Waals surface area contributed by atoms with Crippen LogP contribution in [0.4, 0.5) is 5.69 Å². The molecule has 0 saturated carbocycles. The van der Waals surface area contributed by atoms with Crippen LogP contribution in [-0.4, -0.2) is 22.0 Å². The molecular formula is C21H20N4O3. The van der Waals surface area contributed by atoms with Crippen LogP contribution in [0, 0.1) is 0 Å². The lowest BCUT2D eigenvalue weighted by atomic mass is 10.0. The van der Waals surface area contributed by atoms with Gasteiger partial charge in [0.2, 0.25) is 11.8 Å². The van der Waals surface area contributed by atoms with Crippen molar-refractivity contribution >= 4 is 17.5 Å². The molecule has 28 heavy (non-hydrogen) atoms. The Morgan fingerprint density at radius 1 is 1.04 bits per heavy atom. The number of aromatic amines is 1. The van der Waals surface area contributed by atoms with Crippen LogP contribution in [0.1, 0.15) is 24.9 Å². The molecule has 0 bridgehead atoms. The molecule has 1 atom stereocenters. The molecule has 3 aromatic rings. The van der Waals surface area contributed by atoms with Crippen LogP contribution in [0.5, 0.6) is 0 Å². The number of H-pyrrole nitrogens is 1. The Hall–Kier alpha value is -3.74. The van der Waals surface area contributed by atoms with Gasteiger partial charge in [0, 0.05) is 24.2 Å². The Morgan fingerprint density at radius 3 is 2.50 bits per heavy atom. The summed E-state index contributed by atoms with van der Waals surface area (Å²) in [5.41, 5.74) is 2.54. The lowest BCUT2D eigenvalue weighted by Crippen LogP contribution is -2.29. The highest BCUT2D eigenvalue weighted by molar-refractivity contribution is 5.92. The van der Waals surface area contributed by atoms with Crippen molar-refractivity contribution in [3.8, 4) is 11.3 Å². The van der Waals surface area contributed by atoms with Gasteiger partial charge in [-0.1, -0.05) is 42.5 Å². The molecule has 3 rings (SSSR count). The summed E-state index contributed by atoms with van der Waals surface area (Å²) in [4.78, 5) is 35.2. The van der Waals surface area contributed by atoms with E-state index in [1.807, 2.05) is 36.4 Å². The van der Waals surface area contributed by atoms with E-state index >= 15 is 0 Å². The van der Waals surface area contributed by atoms with E-state index in [2.05, 4.69) is 20.8 Å². The predicted octanol–water partition coefficient (Wildman–Crippen LogP) is 2.64. The molecule has 1 aromatic heterocycles. The van der Waals surface area contributed by atoms with E-state index < -0.39 is 6.04 Å². The van der Waals surface area contributed by atoms with Gasteiger partial charge in [0.1, 0.15) is 0 Å². The zero-order valence-corrected chi connectivity index (χ0v) is 15.3. The summed E-state index contributed by atoms with van der Waals surface area (Å²) in [7, 11) is 0. The highest BCUT2D eigenvalue weighted by atomic mass is 16.2. The Kier molecular flexibility index (Phi) is 5.96. The van der Waals surface area contributed by atoms with Crippen molar-refractivity contribution in [2.45, 2.75) is 19.4 Å². The Balaban J connectivity index is 1.73. The summed E-state index contributed by atoms with van der Waals surface area (Å²) in [6.07, 6.45) is 0.102. The van der Waals surface area contributed by atoms with E-state index in [4.69, 9.17) is 0 Å². The van der Waals surface area contributed by atoms with Gasteiger partial charge in [0.15, 0.2) is 0 Å². The minimum Gasteiger partial charge on any atom is -0.349 e. The fourth-order valence-electron chi connectivity index (χ4n) is 2.84. The molecule has 0 fully saturated rings. The number of aromatic nitrogens is 2. The lowest BCUT2D eigenvalue weighted by Gasteiger charge is -2.18. The first-order valence-electron chi connectivity index (χ1n) is 8.79. The number of benzene rings is 2. The van der Waals surface area contributed by atoms with Crippen LogP contribution < -0.4 is 16.2 Å². The summed E-state index contributed by atoms with van der Waals surface area (Å²) in [5, 5.41) is 12.0. The van der Waals surface area contributed by atoms with Gasteiger partial charge >= 0.3 is 0 Å². The number of hydrogen-bond donors (Lipinski definition) is 3. The van der Waals surface area contributed by atoms with Crippen LogP contribution in [0.25, 0.3) is 11.3 Å². The standard InChI is InChI=1S/C21H20N4O3/c1-14(26)22-19(15-6-3-2-4-7-15)13-21(28)23-17-9-5-8-16(12-17)18-10-11-20(27)25-24-18/h2-12,19H,13H2,1H3,(H,22,26)(H,23,28)(H,25,27). The van der Waals surface area contributed by atoms with Crippen LogP contribution in [0.3, 0.4) is 0 Å². The van der Waals surface area contributed by atoms with Crippen LogP contribution >= 0.6 is 0 Å². The minimum absolute atomic E-state index is 0.102. The summed E-state index contributed by atoms with van der Waals surface area (Å²) in [5.74, 6) is -0.429. The van der Waals surface area contributed by atoms with E-state index in [1.165, 1.54) is 13.0 Å². The molecule has 0 aliphatic rings. The molecule has 7 heteroatoms. The van der Waals surface area contributed by atoms with E-state index in [0.29, 0.717) is 11.4 Å². The number of nitrogens with one attached hydrogen (secondary N) is 3. The smallest absolute Gasteiger partial charge is 0.264 e. The van der Waals surface area contributed by atoms with Crippen LogP contribution in [0.2, 0.25) is 0 Å². The highest BCUT2D eigenvalue weighted by Crippen LogP contribution is 2.21. The summed E-state index contributed by atoms with van der Waals surface area (Å²) in [6.45, 7) is 1.43. The molecular weight excluding hydrogens is 356 g/mol. The largest absolute Gasteiger partial charge is 0.349 e. The monoisotopic (exact) mass is 376 g/mol. The zero-order valence-electron chi connectivity index (χ0n) is 15.3. The van der Waals surface area contributed by atoms with E-state index in [1.54, 1.807) is 24.3 Å². The Morgan fingerprint density at radius 2 is 1.82 bits per heavy atom. The molecule has 0 spiro atoms. The van der Waals surface area contributed by atoms with Crippen molar-refractivity contribution in [2.75, 3.05) is 5.32 Å². The summed E-state index contributed by atoms with van der Waals surface area (Å²) >= 11 is 0. The lowest BCUT2D eigenvalue weighted by molar-refractivity contribution is -0.120. The molecule has 0 aliphatic heterocycles. The first-order chi connectivity index (χ1) is 13.5. The number of amides is 2. The van der Waals surface area contributed by atoms with Gasteiger partial charge in [0.25, 0.3) is 5.56 Å². The Bertz CT molecular complexity index is 1010. The number of rotatable bonds is 6. The van der Waals surface area contributed by atoms with Crippen molar-refractivity contribution in [2.24, 2.45) is 0 Å². The van der Waals surface area contributed by atoms with Crippen LogP contribution in [-0.2, 0) is 9.59 Å². The maximum Gasteiger partial charge on any atom is 0.264 e. The normalized spacial score (nSPS) is 11.5. The SMILES string of the molecule is CC(=O)NC(CC(=O)Nc1cccc(-c2ccc(=O)[nH]n2)c1)c1ccccc1. The third-order valence-electron chi connectivity index (χ3n) is 4.09.